The molecule has 3 rings (SSSR count). The van der Waals surface area contributed by atoms with Crippen LogP contribution in [-0.2, 0) is 25.9 Å². The summed E-state index contributed by atoms with van der Waals surface area (Å²) in [6, 6.07) is 10.0. The number of aryl methyl sites for hydroxylation is 4. The molecule has 0 unspecified atom stereocenters. The summed E-state index contributed by atoms with van der Waals surface area (Å²) in [6.07, 6.45) is 4.46. The lowest BCUT2D eigenvalue weighted by atomic mass is 10.1. The van der Waals surface area contributed by atoms with E-state index in [-0.39, 0.29) is 0 Å². The van der Waals surface area contributed by atoms with Gasteiger partial charge in [0.1, 0.15) is 12.7 Å². The molecule has 1 aromatic carbocycles. The smallest absolute Gasteiger partial charge is 0.392 e. The summed E-state index contributed by atoms with van der Waals surface area (Å²) in [4.78, 5) is 15.5. The van der Waals surface area contributed by atoms with Gasteiger partial charge < -0.3 is 4.42 Å². The highest BCUT2D eigenvalue weighted by Crippen LogP contribution is 2.04. The van der Waals surface area contributed by atoms with Crippen molar-refractivity contribution in [3.63, 3.8) is 0 Å². The molecule has 0 atom stereocenters. The quantitative estimate of drug-likeness (QED) is 0.672. The van der Waals surface area contributed by atoms with Gasteiger partial charge in [-0.2, -0.15) is 9.78 Å². The van der Waals surface area contributed by atoms with Crippen molar-refractivity contribution in [1.82, 2.24) is 24.5 Å². The minimum atomic E-state index is -0.432. The minimum Gasteiger partial charge on any atom is -0.392 e. The van der Waals surface area contributed by atoms with Gasteiger partial charge in [-0.3, -0.25) is 4.68 Å². The van der Waals surface area contributed by atoms with E-state index in [1.165, 1.54) is 16.6 Å². The van der Waals surface area contributed by atoms with Gasteiger partial charge >= 0.3 is 5.76 Å². The summed E-state index contributed by atoms with van der Waals surface area (Å²) in [6.45, 7) is 0.946. The average Bonchev–Trinajstić information content (AvgIpc) is 3.14. The number of nitrogens with zero attached hydrogens (tertiary/aromatic N) is 5. The highest BCUT2D eigenvalue weighted by Gasteiger charge is 2.08. The van der Waals surface area contributed by atoms with E-state index in [9.17, 15) is 4.79 Å². The molecular formula is C14H15N5O2. The van der Waals surface area contributed by atoms with Crippen molar-refractivity contribution >= 4 is 0 Å². The fraction of sp³-hybridized carbons (Fsp3) is 0.286. The zero-order valence-electron chi connectivity index (χ0n) is 11.4. The lowest BCUT2D eigenvalue weighted by molar-refractivity contribution is 0.430. The molecule has 7 heteroatoms. The number of rotatable bonds is 6. The third-order valence-electron chi connectivity index (χ3n) is 3.13. The van der Waals surface area contributed by atoms with Crippen LogP contribution >= 0.6 is 0 Å². The molecule has 0 N–H and O–H groups in total. The minimum absolute atomic E-state index is 0.414. The van der Waals surface area contributed by atoms with Gasteiger partial charge in [-0.15, -0.1) is 5.10 Å². The van der Waals surface area contributed by atoms with Gasteiger partial charge in [0, 0.05) is 6.42 Å². The third kappa shape index (κ3) is 3.44. The fourth-order valence-corrected chi connectivity index (χ4v) is 2.03. The Morgan fingerprint density at radius 1 is 1.10 bits per heavy atom. The van der Waals surface area contributed by atoms with Crippen LogP contribution in [0.1, 0.15) is 11.5 Å². The summed E-state index contributed by atoms with van der Waals surface area (Å²) in [5, 5.41) is 8.18. The molecule has 0 fully saturated rings. The Bertz CT molecular complexity index is 730. The van der Waals surface area contributed by atoms with Crippen LogP contribution < -0.4 is 5.76 Å². The van der Waals surface area contributed by atoms with Crippen molar-refractivity contribution in [2.75, 3.05) is 0 Å². The van der Waals surface area contributed by atoms with Crippen LogP contribution in [0.25, 0.3) is 0 Å². The Kier molecular flexibility index (Phi) is 3.90. The number of hydrogen-bond acceptors (Lipinski definition) is 5. The second-order valence-corrected chi connectivity index (χ2v) is 4.63. The zero-order chi connectivity index (χ0) is 14.5. The Hall–Kier alpha value is -2.70. The second kappa shape index (κ2) is 6.17. The predicted molar refractivity (Wildman–Crippen MR) is 74.6 cm³/mol. The molecule has 0 bridgehead atoms. The van der Waals surface area contributed by atoms with Gasteiger partial charge in [-0.25, -0.2) is 9.78 Å². The van der Waals surface area contributed by atoms with Crippen molar-refractivity contribution < 1.29 is 4.42 Å². The maximum absolute atomic E-state index is 11.7. The first-order valence-corrected chi connectivity index (χ1v) is 6.74. The lowest BCUT2D eigenvalue weighted by Gasteiger charge is -1.98. The van der Waals surface area contributed by atoms with Crippen LogP contribution in [0.2, 0.25) is 0 Å². The van der Waals surface area contributed by atoms with Gasteiger partial charge in [0.15, 0.2) is 0 Å². The lowest BCUT2D eigenvalue weighted by Crippen LogP contribution is -2.19. The molecule has 2 aromatic heterocycles. The molecule has 0 aliphatic heterocycles. The summed E-state index contributed by atoms with van der Waals surface area (Å²) in [7, 11) is 0. The van der Waals surface area contributed by atoms with E-state index in [4.69, 9.17) is 4.42 Å². The SMILES string of the molecule is O=c1oc(CCc2ccccc2)nn1CCn1cncn1. The van der Waals surface area contributed by atoms with Gasteiger partial charge in [0.2, 0.25) is 5.89 Å². The summed E-state index contributed by atoms with van der Waals surface area (Å²) < 4.78 is 8.12. The van der Waals surface area contributed by atoms with E-state index in [1.807, 2.05) is 30.3 Å². The van der Waals surface area contributed by atoms with Crippen molar-refractivity contribution in [3.8, 4) is 0 Å². The van der Waals surface area contributed by atoms with Crippen molar-refractivity contribution in [3.05, 3.63) is 65.0 Å². The number of aromatic nitrogens is 5. The van der Waals surface area contributed by atoms with E-state index in [0.717, 1.165) is 6.42 Å². The molecule has 108 valence electrons. The Morgan fingerprint density at radius 3 is 2.71 bits per heavy atom. The number of benzene rings is 1. The Morgan fingerprint density at radius 2 is 1.95 bits per heavy atom. The fourth-order valence-electron chi connectivity index (χ4n) is 2.03. The maximum atomic E-state index is 11.7. The topological polar surface area (TPSA) is 78.7 Å². The van der Waals surface area contributed by atoms with Crippen molar-refractivity contribution in [2.45, 2.75) is 25.9 Å². The molecule has 0 spiro atoms. The van der Waals surface area contributed by atoms with Gasteiger partial charge in [-0.1, -0.05) is 30.3 Å². The molecule has 0 aliphatic rings. The second-order valence-electron chi connectivity index (χ2n) is 4.63. The molecule has 0 amide bonds. The van der Waals surface area contributed by atoms with E-state index in [0.29, 0.717) is 25.4 Å². The van der Waals surface area contributed by atoms with Crippen LogP contribution in [0.5, 0.6) is 0 Å². The molecule has 0 saturated carbocycles. The standard InChI is InChI=1S/C14H15N5O2/c20-14-19(9-8-18-11-15-10-16-18)17-13(21-14)7-6-12-4-2-1-3-5-12/h1-5,10-11H,6-9H2. The molecule has 0 aliphatic carbocycles. The molecule has 0 saturated heterocycles. The molecular weight excluding hydrogens is 270 g/mol. The average molecular weight is 285 g/mol. The van der Waals surface area contributed by atoms with E-state index in [2.05, 4.69) is 15.2 Å². The van der Waals surface area contributed by atoms with Gasteiger partial charge in [-0.05, 0) is 12.0 Å². The molecule has 3 aromatic rings. The summed E-state index contributed by atoms with van der Waals surface area (Å²) in [5.41, 5.74) is 1.19. The van der Waals surface area contributed by atoms with Crippen LogP contribution in [0.15, 0.2) is 52.2 Å². The van der Waals surface area contributed by atoms with Crippen LogP contribution in [-0.4, -0.2) is 24.5 Å². The van der Waals surface area contributed by atoms with Crippen LogP contribution in [0, 0.1) is 0 Å². The van der Waals surface area contributed by atoms with Crippen molar-refractivity contribution in [1.29, 1.82) is 0 Å². The highest BCUT2D eigenvalue weighted by atomic mass is 16.4. The summed E-state index contributed by atoms with van der Waals surface area (Å²) >= 11 is 0. The number of hydrogen-bond donors (Lipinski definition) is 0. The Labute approximate surface area is 120 Å². The van der Waals surface area contributed by atoms with Gasteiger partial charge in [0.25, 0.3) is 0 Å². The molecule has 21 heavy (non-hydrogen) atoms. The first-order valence-electron chi connectivity index (χ1n) is 6.74. The molecule has 7 nitrogen and oxygen atoms in total. The van der Waals surface area contributed by atoms with E-state index in [1.54, 1.807) is 11.0 Å². The van der Waals surface area contributed by atoms with Crippen LogP contribution in [0.3, 0.4) is 0 Å². The largest absolute Gasteiger partial charge is 0.437 e. The zero-order valence-corrected chi connectivity index (χ0v) is 11.4. The first-order chi connectivity index (χ1) is 10.3. The molecule has 0 radical (unpaired) electrons. The van der Waals surface area contributed by atoms with E-state index < -0.39 is 5.76 Å². The predicted octanol–water partition coefficient (Wildman–Crippen LogP) is 0.913. The molecule has 2 heterocycles. The monoisotopic (exact) mass is 285 g/mol. The van der Waals surface area contributed by atoms with E-state index >= 15 is 0 Å². The van der Waals surface area contributed by atoms with Crippen molar-refractivity contribution in [2.24, 2.45) is 0 Å². The third-order valence-corrected chi connectivity index (χ3v) is 3.13. The summed E-state index contributed by atoms with van der Waals surface area (Å²) in [5.74, 6) is 0.0284. The van der Waals surface area contributed by atoms with Gasteiger partial charge in [0.05, 0.1) is 13.1 Å². The Balaban J connectivity index is 1.60. The highest BCUT2D eigenvalue weighted by molar-refractivity contribution is 5.15. The van der Waals surface area contributed by atoms with Crippen LogP contribution in [0.4, 0.5) is 0 Å². The maximum Gasteiger partial charge on any atom is 0.437 e. The normalized spacial score (nSPS) is 10.9. The first kappa shape index (κ1) is 13.3.